The van der Waals surface area contributed by atoms with Gasteiger partial charge in [-0.2, -0.15) is 0 Å². The van der Waals surface area contributed by atoms with Crippen LogP contribution in [0.5, 0.6) is 0 Å². The van der Waals surface area contributed by atoms with E-state index in [2.05, 4.69) is 10.2 Å². The zero-order valence-electron chi connectivity index (χ0n) is 12.3. The second-order valence-corrected chi connectivity index (χ2v) is 5.16. The smallest absolute Gasteiger partial charge is 0.409 e. The number of rotatable bonds is 2. The standard InChI is InChI=1S/C13H24N4O3/c1-3-20-13(19)17-5-4-14-12(10-17)16-8-6-15(7-9-16)11(2)18/h12,14H,3-10H2,1-2H3. The van der Waals surface area contributed by atoms with E-state index in [1.807, 2.05) is 11.8 Å². The van der Waals surface area contributed by atoms with Crippen molar-refractivity contribution in [2.75, 3.05) is 52.4 Å². The van der Waals surface area contributed by atoms with Crippen LogP contribution in [0.15, 0.2) is 0 Å². The van der Waals surface area contributed by atoms with E-state index in [4.69, 9.17) is 4.74 Å². The molecule has 0 bridgehead atoms. The molecule has 0 aliphatic carbocycles. The molecule has 7 heteroatoms. The second-order valence-electron chi connectivity index (χ2n) is 5.16. The van der Waals surface area contributed by atoms with Crippen molar-refractivity contribution < 1.29 is 14.3 Å². The third kappa shape index (κ3) is 3.61. The van der Waals surface area contributed by atoms with E-state index in [9.17, 15) is 9.59 Å². The molecule has 2 rings (SSSR count). The number of carbonyl (C=O) groups excluding carboxylic acids is 2. The molecule has 1 unspecified atom stereocenters. The molecule has 2 amide bonds. The van der Waals surface area contributed by atoms with Gasteiger partial charge in [0.15, 0.2) is 0 Å². The third-order valence-corrected chi connectivity index (χ3v) is 3.88. The van der Waals surface area contributed by atoms with E-state index in [-0.39, 0.29) is 18.2 Å². The van der Waals surface area contributed by atoms with Crippen LogP contribution in [0.2, 0.25) is 0 Å². The summed E-state index contributed by atoms with van der Waals surface area (Å²) in [6.45, 7) is 9.12. The summed E-state index contributed by atoms with van der Waals surface area (Å²) >= 11 is 0. The van der Waals surface area contributed by atoms with Crippen LogP contribution in [0.1, 0.15) is 13.8 Å². The fourth-order valence-corrected chi connectivity index (χ4v) is 2.70. The van der Waals surface area contributed by atoms with Gasteiger partial charge in [0.2, 0.25) is 5.91 Å². The predicted molar refractivity (Wildman–Crippen MR) is 74.2 cm³/mol. The normalized spacial score (nSPS) is 24.6. The van der Waals surface area contributed by atoms with Gasteiger partial charge in [-0.1, -0.05) is 0 Å². The van der Waals surface area contributed by atoms with E-state index in [1.54, 1.807) is 11.8 Å². The maximum Gasteiger partial charge on any atom is 0.409 e. The van der Waals surface area contributed by atoms with Gasteiger partial charge in [0.25, 0.3) is 0 Å². The van der Waals surface area contributed by atoms with Gasteiger partial charge in [-0.3, -0.25) is 15.0 Å². The molecule has 2 saturated heterocycles. The summed E-state index contributed by atoms with van der Waals surface area (Å²) in [6, 6.07) is 0. The lowest BCUT2D eigenvalue weighted by molar-refractivity contribution is -0.131. The topological polar surface area (TPSA) is 65.1 Å². The van der Waals surface area contributed by atoms with Crippen LogP contribution in [-0.2, 0) is 9.53 Å². The molecule has 1 atom stereocenters. The van der Waals surface area contributed by atoms with Crippen LogP contribution < -0.4 is 5.32 Å². The van der Waals surface area contributed by atoms with Gasteiger partial charge in [0, 0.05) is 46.2 Å². The predicted octanol–water partition coefficient (Wildman–Crippen LogP) is -0.462. The molecule has 0 aromatic heterocycles. The number of nitrogens with one attached hydrogen (secondary N) is 1. The summed E-state index contributed by atoms with van der Waals surface area (Å²) in [4.78, 5) is 29.0. The summed E-state index contributed by atoms with van der Waals surface area (Å²) in [5, 5.41) is 3.43. The average molecular weight is 284 g/mol. The van der Waals surface area contributed by atoms with Crippen LogP contribution in [0.25, 0.3) is 0 Å². The van der Waals surface area contributed by atoms with Crippen LogP contribution in [0.3, 0.4) is 0 Å². The van der Waals surface area contributed by atoms with Crippen molar-refractivity contribution in [1.82, 2.24) is 20.0 Å². The zero-order valence-corrected chi connectivity index (χ0v) is 12.3. The van der Waals surface area contributed by atoms with Crippen LogP contribution >= 0.6 is 0 Å². The Morgan fingerprint density at radius 2 is 1.85 bits per heavy atom. The fourth-order valence-electron chi connectivity index (χ4n) is 2.70. The number of piperazine rings is 2. The van der Waals surface area contributed by atoms with E-state index in [1.165, 1.54) is 0 Å². The van der Waals surface area contributed by atoms with E-state index in [0.29, 0.717) is 19.7 Å². The summed E-state index contributed by atoms with van der Waals surface area (Å²) in [6.07, 6.45) is -0.0800. The minimum absolute atomic E-state index is 0.134. The highest BCUT2D eigenvalue weighted by Gasteiger charge is 2.30. The minimum atomic E-state index is -0.235. The Hall–Kier alpha value is -1.34. The molecular weight excluding hydrogens is 260 g/mol. The number of hydrogen-bond donors (Lipinski definition) is 1. The van der Waals surface area contributed by atoms with Gasteiger partial charge >= 0.3 is 6.09 Å². The SMILES string of the molecule is CCOC(=O)N1CCNC(N2CCN(C(C)=O)CC2)C1. The van der Waals surface area contributed by atoms with Crippen molar-refractivity contribution in [2.24, 2.45) is 0 Å². The molecule has 20 heavy (non-hydrogen) atoms. The molecule has 0 aromatic carbocycles. The van der Waals surface area contributed by atoms with Crippen molar-refractivity contribution in [3.63, 3.8) is 0 Å². The maximum atomic E-state index is 11.8. The maximum absolute atomic E-state index is 11.8. The summed E-state index contributed by atoms with van der Waals surface area (Å²) in [7, 11) is 0. The Bertz CT molecular complexity index is 356. The number of carbonyl (C=O) groups is 2. The van der Waals surface area contributed by atoms with Crippen LogP contribution in [0.4, 0.5) is 4.79 Å². The summed E-state index contributed by atoms with van der Waals surface area (Å²) in [5.74, 6) is 0.134. The lowest BCUT2D eigenvalue weighted by Crippen LogP contribution is -2.63. The first-order valence-corrected chi connectivity index (χ1v) is 7.26. The van der Waals surface area contributed by atoms with Gasteiger partial charge in [-0.05, 0) is 6.92 Å². The first kappa shape index (κ1) is 15.1. The van der Waals surface area contributed by atoms with E-state index >= 15 is 0 Å². The van der Waals surface area contributed by atoms with Gasteiger partial charge in [0.1, 0.15) is 0 Å². The monoisotopic (exact) mass is 284 g/mol. The molecule has 0 saturated carbocycles. The number of amides is 2. The Labute approximate surface area is 119 Å². The minimum Gasteiger partial charge on any atom is -0.450 e. The highest BCUT2D eigenvalue weighted by atomic mass is 16.6. The summed E-state index contributed by atoms with van der Waals surface area (Å²) in [5.41, 5.74) is 0. The van der Waals surface area contributed by atoms with Crippen LogP contribution in [-0.4, -0.2) is 85.3 Å². The fraction of sp³-hybridized carbons (Fsp3) is 0.846. The largest absolute Gasteiger partial charge is 0.450 e. The first-order valence-electron chi connectivity index (χ1n) is 7.26. The number of nitrogens with zero attached hydrogens (tertiary/aromatic N) is 3. The molecule has 0 radical (unpaired) electrons. The zero-order chi connectivity index (χ0) is 14.5. The van der Waals surface area contributed by atoms with E-state index in [0.717, 1.165) is 32.7 Å². The quantitative estimate of drug-likeness (QED) is 0.743. The average Bonchev–Trinajstić information content (AvgIpc) is 2.48. The van der Waals surface area contributed by atoms with Crippen molar-refractivity contribution >= 4 is 12.0 Å². The summed E-state index contributed by atoms with van der Waals surface area (Å²) < 4.78 is 5.05. The lowest BCUT2D eigenvalue weighted by Gasteiger charge is -2.43. The highest BCUT2D eigenvalue weighted by molar-refractivity contribution is 5.73. The molecule has 114 valence electrons. The third-order valence-electron chi connectivity index (χ3n) is 3.88. The molecule has 2 heterocycles. The van der Waals surface area contributed by atoms with Crippen molar-refractivity contribution in [1.29, 1.82) is 0 Å². The Morgan fingerprint density at radius 3 is 2.45 bits per heavy atom. The van der Waals surface area contributed by atoms with Gasteiger partial charge in [-0.25, -0.2) is 4.79 Å². The van der Waals surface area contributed by atoms with Crippen molar-refractivity contribution in [2.45, 2.75) is 20.0 Å². The van der Waals surface area contributed by atoms with E-state index < -0.39 is 0 Å². The molecule has 1 N–H and O–H groups in total. The van der Waals surface area contributed by atoms with Gasteiger partial charge in [-0.15, -0.1) is 0 Å². The van der Waals surface area contributed by atoms with Gasteiger partial charge in [0.05, 0.1) is 19.3 Å². The molecule has 2 aliphatic rings. The van der Waals surface area contributed by atoms with Crippen LogP contribution in [0, 0.1) is 0 Å². The molecule has 2 aliphatic heterocycles. The molecule has 2 fully saturated rings. The van der Waals surface area contributed by atoms with Crippen molar-refractivity contribution in [3.05, 3.63) is 0 Å². The number of hydrogen-bond acceptors (Lipinski definition) is 5. The molecular formula is C13H24N4O3. The first-order chi connectivity index (χ1) is 9.61. The lowest BCUT2D eigenvalue weighted by atomic mass is 10.2. The number of ether oxygens (including phenoxy) is 1. The molecule has 7 nitrogen and oxygen atoms in total. The Kier molecular flexibility index (Phi) is 5.19. The Morgan fingerprint density at radius 1 is 1.15 bits per heavy atom. The Balaban J connectivity index is 1.84. The van der Waals surface area contributed by atoms with Crippen molar-refractivity contribution in [3.8, 4) is 0 Å². The van der Waals surface area contributed by atoms with Gasteiger partial charge < -0.3 is 14.5 Å². The molecule has 0 aromatic rings. The highest BCUT2D eigenvalue weighted by Crippen LogP contribution is 2.10. The molecule has 0 spiro atoms. The second kappa shape index (κ2) is 6.90.